The fraction of sp³-hybridized carbons (Fsp3) is 0.333. The minimum absolute atomic E-state index is 0.331. The lowest BCUT2D eigenvalue weighted by atomic mass is 10.1. The van der Waals surface area contributed by atoms with Crippen LogP contribution in [0.3, 0.4) is 0 Å². The van der Waals surface area contributed by atoms with Gasteiger partial charge in [0, 0.05) is 37.2 Å². The average Bonchev–Trinajstić information content (AvgIpc) is 2.82. The number of benzene rings is 1. The van der Waals surface area contributed by atoms with Gasteiger partial charge in [-0.2, -0.15) is 0 Å². The quantitative estimate of drug-likeness (QED) is 0.883. The van der Waals surface area contributed by atoms with E-state index in [1.165, 1.54) is 16.1 Å². The van der Waals surface area contributed by atoms with Gasteiger partial charge < -0.3 is 10.2 Å². The smallest absolute Gasteiger partial charge is 0.0931 e. The molecular formula is C15H19ClN2S. The summed E-state index contributed by atoms with van der Waals surface area (Å²) in [4.78, 5) is 3.37. The van der Waals surface area contributed by atoms with Gasteiger partial charge in [-0.3, -0.25) is 0 Å². The number of hydrogen-bond donors (Lipinski definition) is 1. The summed E-state index contributed by atoms with van der Waals surface area (Å²) in [6, 6.07) is 13.0. The number of rotatable bonds is 5. The van der Waals surface area contributed by atoms with E-state index in [-0.39, 0.29) is 0 Å². The number of halogens is 1. The van der Waals surface area contributed by atoms with Crippen LogP contribution in [-0.2, 0) is 6.54 Å². The van der Waals surface area contributed by atoms with E-state index >= 15 is 0 Å². The summed E-state index contributed by atoms with van der Waals surface area (Å²) < 4.78 is 0.847. The molecule has 0 radical (unpaired) electrons. The molecule has 4 heteroatoms. The van der Waals surface area contributed by atoms with Crippen LogP contribution in [0.15, 0.2) is 36.4 Å². The highest BCUT2D eigenvalue weighted by Gasteiger charge is 2.06. The van der Waals surface area contributed by atoms with E-state index in [0.717, 1.165) is 10.9 Å². The molecule has 19 heavy (non-hydrogen) atoms. The van der Waals surface area contributed by atoms with Gasteiger partial charge in [0.05, 0.1) is 4.34 Å². The first-order valence-electron chi connectivity index (χ1n) is 6.31. The first-order chi connectivity index (χ1) is 9.06. The van der Waals surface area contributed by atoms with E-state index in [0.29, 0.717) is 6.04 Å². The summed E-state index contributed by atoms with van der Waals surface area (Å²) in [7, 11) is 4.11. The molecule has 1 heterocycles. The first kappa shape index (κ1) is 14.4. The molecule has 2 rings (SSSR count). The van der Waals surface area contributed by atoms with Crippen LogP contribution in [0.1, 0.15) is 23.4 Å². The molecule has 0 fully saturated rings. The Bertz CT molecular complexity index is 519. The van der Waals surface area contributed by atoms with Gasteiger partial charge in [-0.25, -0.2) is 0 Å². The third-order valence-electron chi connectivity index (χ3n) is 3.12. The normalized spacial score (nSPS) is 12.4. The molecule has 1 N–H and O–H groups in total. The molecule has 0 aliphatic heterocycles. The summed E-state index contributed by atoms with van der Waals surface area (Å²) in [6.07, 6.45) is 0. The monoisotopic (exact) mass is 294 g/mol. The largest absolute Gasteiger partial charge is 0.378 e. The topological polar surface area (TPSA) is 15.3 Å². The van der Waals surface area contributed by atoms with Gasteiger partial charge in [0.2, 0.25) is 0 Å². The maximum Gasteiger partial charge on any atom is 0.0931 e. The highest BCUT2D eigenvalue weighted by molar-refractivity contribution is 7.16. The van der Waals surface area contributed by atoms with Gasteiger partial charge in [-0.05, 0) is 36.8 Å². The molecule has 0 saturated carbocycles. The average molecular weight is 295 g/mol. The minimum Gasteiger partial charge on any atom is -0.378 e. The van der Waals surface area contributed by atoms with Crippen molar-refractivity contribution in [3.05, 3.63) is 51.2 Å². The Hall–Kier alpha value is -1.03. The Morgan fingerprint density at radius 3 is 2.37 bits per heavy atom. The van der Waals surface area contributed by atoms with Crippen molar-refractivity contribution in [1.29, 1.82) is 0 Å². The molecule has 0 saturated heterocycles. The second-order valence-corrected chi connectivity index (χ2v) is 6.59. The molecule has 2 nitrogen and oxygen atoms in total. The van der Waals surface area contributed by atoms with Crippen LogP contribution in [0.4, 0.5) is 5.69 Å². The Morgan fingerprint density at radius 2 is 1.84 bits per heavy atom. The van der Waals surface area contributed by atoms with Crippen molar-refractivity contribution in [2.24, 2.45) is 0 Å². The van der Waals surface area contributed by atoms with Crippen molar-refractivity contribution in [1.82, 2.24) is 5.32 Å². The number of nitrogens with zero attached hydrogens (tertiary/aromatic N) is 1. The minimum atomic E-state index is 0.331. The predicted octanol–water partition coefficient (Wildman–Crippen LogP) is 4.32. The molecule has 1 aromatic carbocycles. The SMILES string of the molecule is CC(NCc1ccc(Cl)s1)c1ccc(N(C)C)cc1. The van der Waals surface area contributed by atoms with Crippen LogP contribution in [0.25, 0.3) is 0 Å². The Kier molecular flexibility index (Phi) is 4.86. The number of thiophene rings is 1. The maximum absolute atomic E-state index is 5.93. The van der Waals surface area contributed by atoms with Gasteiger partial charge in [-0.15, -0.1) is 11.3 Å². The molecule has 0 bridgehead atoms. The van der Waals surface area contributed by atoms with Crippen LogP contribution < -0.4 is 10.2 Å². The zero-order chi connectivity index (χ0) is 13.8. The van der Waals surface area contributed by atoms with E-state index in [9.17, 15) is 0 Å². The van der Waals surface area contributed by atoms with Crippen molar-refractivity contribution >= 4 is 28.6 Å². The van der Waals surface area contributed by atoms with E-state index < -0.39 is 0 Å². The van der Waals surface area contributed by atoms with Crippen LogP contribution in [-0.4, -0.2) is 14.1 Å². The van der Waals surface area contributed by atoms with Crippen molar-refractivity contribution < 1.29 is 0 Å². The Balaban J connectivity index is 1.94. The fourth-order valence-corrected chi connectivity index (χ4v) is 2.92. The van der Waals surface area contributed by atoms with Gasteiger partial charge in [0.25, 0.3) is 0 Å². The molecule has 1 unspecified atom stereocenters. The summed E-state index contributed by atoms with van der Waals surface area (Å²) >= 11 is 7.55. The number of anilines is 1. The standard InChI is InChI=1S/C15H19ClN2S/c1-11(17-10-14-8-9-15(16)19-14)12-4-6-13(7-5-12)18(2)3/h4-9,11,17H,10H2,1-3H3. The highest BCUT2D eigenvalue weighted by Crippen LogP contribution is 2.22. The maximum atomic E-state index is 5.93. The van der Waals surface area contributed by atoms with Crippen molar-refractivity contribution in [3.63, 3.8) is 0 Å². The number of hydrogen-bond acceptors (Lipinski definition) is 3. The van der Waals surface area contributed by atoms with Crippen molar-refractivity contribution in [3.8, 4) is 0 Å². The van der Waals surface area contributed by atoms with Crippen molar-refractivity contribution in [2.75, 3.05) is 19.0 Å². The molecule has 2 aromatic rings. The molecule has 0 amide bonds. The van der Waals surface area contributed by atoms with Gasteiger partial charge >= 0.3 is 0 Å². The van der Waals surface area contributed by atoms with E-state index in [1.807, 2.05) is 6.07 Å². The zero-order valence-corrected chi connectivity index (χ0v) is 13.1. The second kappa shape index (κ2) is 6.42. The third kappa shape index (κ3) is 3.96. The predicted molar refractivity (Wildman–Crippen MR) is 85.4 cm³/mol. The molecule has 102 valence electrons. The number of nitrogens with one attached hydrogen (secondary N) is 1. The molecule has 0 aliphatic carbocycles. The molecule has 0 aliphatic rings. The summed E-state index contributed by atoms with van der Waals surface area (Å²) in [5.41, 5.74) is 2.52. The van der Waals surface area contributed by atoms with Crippen LogP contribution >= 0.6 is 22.9 Å². The Morgan fingerprint density at radius 1 is 1.16 bits per heavy atom. The van der Waals surface area contributed by atoms with E-state index in [1.54, 1.807) is 11.3 Å². The summed E-state index contributed by atoms with van der Waals surface area (Å²) in [5, 5.41) is 3.52. The third-order valence-corrected chi connectivity index (χ3v) is 4.35. The van der Waals surface area contributed by atoms with E-state index in [2.05, 4.69) is 61.6 Å². The second-order valence-electron chi connectivity index (χ2n) is 4.79. The molecular weight excluding hydrogens is 276 g/mol. The van der Waals surface area contributed by atoms with Crippen LogP contribution in [0.2, 0.25) is 4.34 Å². The first-order valence-corrected chi connectivity index (χ1v) is 7.50. The highest BCUT2D eigenvalue weighted by atomic mass is 35.5. The molecule has 1 aromatic heterocycles. The van der Waals surface area contributed by atoms with Crippen LogP contribution in [0.5, 0.6) is 0 Å². The van der Waals surface area contributed by atoms with Gasteiger partial charge in [0.1, 0.15) is 0 Å². The van der Waals surface area contributed by atoms with Gasteiger partial charge in [0.15, 0.2) is 0 Å². The lowest BCUT2D eigenvalue weighted by molar-refractivity contribution is 0.579. The van der Waals surface area contributed by atoms with Gasteiger partial charge in [-0.1, -0.05) is 23.7 Å². The molecule has 0 spiro atoms. The molecule has 1 atom stereocenters. The van der Waals surface area contributed by atoms with Crippen molar-refractivity contribution in [2.45, 2.75) is 19.5 Å². The lowest BCUT2D eigenvalue weighted by Crippen LogP contribution is -2.17. The van der Waals surface area contributed by atoms with E-state index in [4.69, 9.17) is 11.6 Å². The van der Waals surface area contributed by atoms with Crippen LogP contribution in [0, 0.1) is 0 Å². The summed E-state index contributed by atoms with van der Waals surface area (Å²) in [6.45, 7) is 3.04. The Labute approximate surface area is 124 Å². The lowest BCUT2D eigenvalue weighted by Gasteiger charge is -2.16. The zero-order valence-electron chi connectivity index (χ0n) is 11.5. The summed E-state index contributed by atoms with van der Waals surface area (Å²) in [5.74, 6) is 0. The fourth-order valence-electron chi connectivity index (χ4n) is 1.88.